The van der Waals surface area contributed by atoms with Crippen LogP contribution in [0.15, 0.2) is 53.3 Å². The van der Waals surface area contributed by atoms with E-state index >= 15 is 0 Å². The number of fused-ring (bicyclic) bond motifs is 1. The molecule has 0 saturated heterocycles. The summed E-state index contributed by atoms with van der Waals surface area (Å²) in [5, 5.41) is 0.671. The second kappa shape index (κ2) is 5.76. The molecule has 1 heterocycles. The molecular weight excluding hydrogens is 272 g/mol. The van der Waals surface area contributed by atoms with Gasteiger partial charge in [-0.3, -0.25) is 9.36 Å². The van der Waals surface area contributed by atoms with E-state index in [0.29, 0.717) is 5.39 Å². The van der Waals surface area contributed by atoms with Gasteiger partial charge in [0.25, 0.3) is 5.56 Å². The van der Waals surface area contributed by atoms with Crippen LogP contribution in [0, 0.1) is 0 Å². The molecule has 2 aromatic carbocycles. The molecule has 0 fully saturated rings. The molecule has 0 aliphatic heterocycles. The largest absolute Gasteiger partial charge is 0.290 e. The summed E-state index contributed by atoms with van der Waals surface area (Å²) in [6.07, 6.45) is 1.00. The van der Waals surface area contributed by atoms with Crippen LogP contribution in [0.4, 0.5) is 0 Å². The van der Waals surface area contributed by atoms with Crippen LogP contribution in [0.25, 0.3) is 22.3 Å². The number of aryl methyl sites for hydroxylation is 1. The molecule has 22 heavy (non-hydrogen) atoms. The summed E-state index contributed by atoms with van der Waals surface area (Å²) in [6, 6.07) is 15.9. The third-order valence-electron chi connectivity index (χ3n) is 3.94. The maximum atomic E-state index is 12.8. The van der Waals surface area contributed by atoms with Crippen LogP contribution in [0.3, 0.4) is 0 Å². The van der Waals surface area contributed by atoms with E-state index < -0.39 is 0 Å². The van der Waals surface area contributed by atoms with Gasteiger partial charge in [-0.25, -0.2) is 4.98 Å². The molecule has 0 aliphatic rings. The Morgan fingerprint density at radius 1 is 1.05 bits per heavy atom. The smallest absolute Gasteiger partial charge is 0.261 e. The van der Waals surface area contributed by atoms with Crippen molar-refractivity contribution >= 4 is 10.9 Å². The van der Waals surface area contributed by atoms with Crippen molar-refractivity contribution in [1.29, 1.82) is 0 Å². The molecule has 0 atom stereocenters. The lowest BCUT2D eigenvalue weighted by molar-refractivity contribution is 0.581. The standard InChI is InChI=1S/C19H20N2O/c1-4-14-9-11-15(12-10-14)18-20-17-8-6-5-7-16(17)19(22)21(18)13(2)3/h5-13H,4H2,1-3H3. The Labute approximate surface area is 130 Å². The quantitative estimate of drug-likeness (QED) is 0.725. The molecule has 1 aromatic heterocycles. The van der Waals surface area contributed by atoms with E-state index in [2.05, 4.69) is 19.1 Å². The van der Waals surface area contributed by atoms with Crippen LogP contribution >= 0.6 is 0 Å². The van der Waals surface area contributed by atoms with Crippen molar-refractivity contribution in [2.45, 2.75) is 33.2 Å². The van der Waals surface area contributed by atoms with Crippen molar-refractivity contribution < 1.29 is 0 Å². The normalized spacial score (nSPS) is 11.3. The molecule has 112 valence electrons. The minimum absolute atomic E-state index is 0.0233. The van der Waals surface area contributed by atoms with Gasteiger partial charge in [-0.15, -0.1) is 0 Å². The average molecular weight is 292 g/mol. The van der Waals surface area contributed by atoms with Gasteiger partial charge in [0.1, 0.15) is 5.82 Å². The first-order valence-electron chi connectivity index (χ1n) is 7.72. The number of aromatic nitrogens is 2. The minimum Gasteiger partial charge on any atom is -0.290 e. The molecule has 0 N–H and O–H groups in total. The molecule has 0 aliphatic carbocycles. The fraction of sp³-hybridized carbons (Fsp3) is 0.263. The fourth-order valence-corrected chi connectivity index (χ4v) is 2.72. The number of rotatable bonds is 3. The van der Waals surface area contributed by atoms with Gasteiger partial charge in [0, 0.05) is 11.6 Å². The maximum absolute atomic E-state index is 12.8. The second-order valence-corrected chi connectivity index (χ2v) is 5.77. The van der Waals surface area contributed by atoms with Crippen LogP contribution in [0.5, 0.6) is 0 Å². The fourth-order valence-electron chi connectivity index (χ4n) is 2.72. The maximum Gasteiger partial charge on any atom is 0.261 e. The van der Waals surface area contributed by atoms with E-state index in [9.17, 15) is 4.79 Å². The Bertz CT molecular complexity index is 861. The molecule has 0 spiro atoms. The highest BCUT2D eigenvalue weighted by molar-refractivity contribution is 5.79. The van der Waals surface area contributed by atoms with E-state index in [0.717, 1.165) is 23.3 Å². The number of para-hydroxylation sites is 1. The van der Waals surface area contributed by atoms with Crippen LogP contribution < -0.4 is 5.56 Å². The van der Waals surface area contributed by atoms with Crippen LogP contribution in [-0.4, -0.2) is 9.55 Å². The van der Waals surface area contributed by atoms with Gasteiger partial charge >= 0.3 is 0 Å². The first-order chi connectivity index (χ1) is 10.6. The van der Waals surface area contributed by atoms with E-state index in [4.69, 9.17) is 4.98 Å². The number of benzene rings is 2. The first-order valence-corrected chi connectivity index (χ1v) is 7.72. The van der Waals surface area contributed by atoms with Gasteiger partial charge in [-0.2, -0.15) is 0 Å². The Morgan fingerprint density at radius 3 is 2.36 bits per heavy atom. The predicted molar refractivity (Wildman–Crippen MR) is 91.2 cm³/mol. The zero-order valence-corrected chi connectivity index (χ0v) is 13.2. The predicted octanol–water partition coefficient (Wildman–Crippen LogP) is 4.21. The zero-order valence-electron chi connectivity index (χ0n) is 13.2. The summed E-state index contributed by atoms with van der Waals surface area (Å²) in [6.45, 7) is 6.16. The SMILES string of the molecule is CCc1ccc(-c2nc3ccccc3c(=O)n2C(C)C)cc1. The molecule has 0 bridgehead atoms. The summed E-state index contributed by atoms with van der Waals surface area (Å²) in [7, 11) is 0. The molecule has 0 radical (unpaired) electrons. The van der Waals surface area contributed by atoms with Crippen molar-refractivity contribution in [3.63, 3.8) is 0 Å². The molecule has 0 amide bonds. The molecule has 0 unspecified atom stereocenters. The Kier molecular flexibility index (Phi) is 3.80. The summed E-state index contributed by atoms with van der Waals surface area (Å²) in [5.74, 6) is 0.737. The van der Waals surface area contributed by atoms with E-state index in [1.807, 2.05) is 50.2 Å². The van der Waals surface area contributed by atoms with Crippen molar-refractivity contribution in [3.05, 3.63) is 64.4 Å². The molecule has 3 aromatic rings. The lowest BCUT2D eigenvalue weighted by Gasteiger charge is -2.17. The highest BCUT2D eigenvalue weighted by atomic mass is 16.1. The molecular formula is C19H20N2O. The van der Waals surface area contributed by atoms with Crippen LogP contribution in [0.1, 0.15) is 32.4 Å². The summed E-state index contributed by atoms with van der Waals surface area (Å²) in [4.78, 5) is 17.6. The van der Waals surface area contributed by atoms with Gasteiger partial charge in [0.15, 0.2) is 0 Å². The lowest BCUT2D eigenvalue weighted by Crippen LogP contribution is -2.25. The lowest BCUT2D eigenvalue weighted by atomic mass is 10.1. The highest BCUT2D eigenvalue weighted by Crippen LogP contribution is 2.22. The summed E-state index contributed by atoms with van der Waals surface area (Å²) in [5.41, 5.74) is 3.03. The van der Waals surface area contributed by atoms with E-state index in [1.54, 1.807) is 4.57 Å². The Balaban J connectivity index is 2.31. The van der Waals surface area contributed by atoms with E-state index in [1.165, 1.54) is 5.56 Å². The minimum atomic E-state index is 0.0233. The summed E-state index contributed by atoms with van der Waals surface area (Å²) >= 11 is 0. The monoisotopic (exact) mass is 292 g/mol. The molecule has 0 saturated carbocycles. The number of hydrogen-bond donors (Lipinski definition) is 0. The highest BCUT2D eigenvalue weighted by Gasteiger charge is 2.14. The Morgan fingerprint density at radius 2 is 1.73 bits per heavy atom. The molecule has 3 heteroatoms. The van der Waals surface area contributed by atoms with Crippen LogP contribution in [-0.2, 0) is 6.42 Å². The van der Waals surface area contributed by atoms with Gasteiger partial charge in [-0.05, 0) is 38.0 Å². The third kappa shape index (κ3) is 2.43. The summed E-state index contributed by atoms with van der Waals surface area (Å²) < 4.78 is 1.78. The van der Waals surface area contributed by atoms with Gasteiger partial charge in [0.05, 0.1) is 10.9 Å². The van der Waals surface area contributed by atoms with Crippen molar-refractivity contribution in [2.75, 3.05) is 0 Å². The van der Waals surface area contributed by atoms with E-state index in [-0.39, 0.29) is 11.6 Å². The number of nitrogens with zero attached hydrogens (tertiary/aromatic N) is 2. The Hall–Kier alpha value is -2.42. The van der Waals surface area contributed by atoms with Gasteiger partial charge in [-0.1, -0.05) is 43.3 Å². The van der Waals surface area contributed by atoms with Crippen molar-refractivity contribution in [3.8, 4) is 11.4 Å². The van der Waals surface area contributed by atoms with Gasteiger partial charge in [0.2, 0.25) is 0 Å². The zero-order chi connectivity index (χ0) is 15.7. The second-order valence-electron chi connectivity index (χ2n) is 5.77. The van der Waals surface area contributed by atoms with Crippen molar-refractivity contribution in [1.82, 2.24) is 9.55 Å². The first kappa shape index (κ1) is 14.5. The third-order valence-corrected chi connectivity index (χ3v) is 3.94. The topological polar surface area (TPSA) is 34.9 Å². The molecule has 3 nitrogen and oxygen atoms in total. The van der Waals surface area contributed by atoms with Crippen molar-refractivity contribution in [2.24, 2.45) is 0 Å². The average Bonchev–Trinajstić information content (AvgIpc) is 2.54. The van der Waals surface area contributed by atoms with Gasteiger partial charge < -0.3 is 0 Å². The number of hydrogen-bond acceptors (Lipinski definition) is 2. The molecule has 3 rings (SSSR count). The van der Waals surface area contributed by atoms with Crippen LogP contribution in [0.2, 0.25) is 0 Å².